The van der Waals surface area contributed by atoms with E-state index in [-0.39, 0.29) is 54.4 Å². The van der Waals surface area contributed by atoms with Crippen LogP contribution in [0.25, 0.3) is 10.9 Å². The molecule has 1 aromatic heterocycles. The zero-order valence-corrected chi connectivity index (χ0v) is 26.5. The molecule has 4 aliphatic heterocycles. The highest BCUT2D eigenvalue weighted by Crippen LogP contribution is 2.33. The van der Waals surface area contributed by atoms with Crippen molar-refractivity contribution < 1.29 is 33.0 Å². The van der Waals surface area contributed by atoms with Crippen molar-refractivity contribution >= 4 is 34.5 Å². The number of benzene rings is 2. The minimum absolute atomic E-state index is 0.0496. The van der Waals surface area contributed by atoms with E-state index in [9.17, 15) is 19.2 Å². The highest BCUT2D eigenvalue weighted by atomic mass is 19.1. The quantitative estimate of drug-likeness (QED) is 0.372. The highest BCUT2D eigenvalue weighted by Gasteiger charge is 2.40. The van der Waals surface area contributed by atoms with Crippen molar-refractivity contribution in [2.45, 2.75) is 57.3 Å². The molecule has 0 spiro atoms. The number of ether oxygens (including phenoxy) is 2. The van der Waals surface area contributed by atoms with E-state index in [0.717, 1.165) is 28.6 Å². The van der Waals surface area contributed by atoms with E-state index >= 15 is 4.39 Å². The molecule has 11 nitrogen and oxygen atoms in total. The number of fused-ring (bicyclic) bond motifs is 2. The van der Waals surface area contributed by atoms with Crippen molar-refractivity contribution in [3.8, 4) is 5.75 Å². The number of aromatic nitrogens is 1. The molecule has 47 heavy (non-hydrogen) atoms. The van der Waals surface area contributed by atoms with Gasteiger partial charge in [-0.3, -0.25) is 29.4 Å². The predicted molar refractivity (Wildman–Crippen MR) is 169 cm³/mol. The number of hydrogen-bond donors (Lipinski definition) is 1. The lowest BCUT2D eigenvalue weighted by Crippen LogP contribution is -2.52. The Morgan fingerprint density at radius 1 is 1.06 bits per heavy atom. The summed E-state index contributed by atoms with van der Waals surface area (Å²) in [6.45, 7) is 5.49. The van der Waals surface area contributed by atoms with Gasteiger partial charge in [0.05, 0.1) is 6.61 Å². The predicted octanol–water partition coefficient (Wildman–Crippen LogP) is 3.00. The van der Waals surface area contributed by atoms with Crippen LogP contribution in [-0.4, -0.2) is 95.4 Å². The molecule has 5 heterocycles. The first kappa shape index (κ1) is 31.2. The molecule has 2 aromatic carbocycles. The van der Waals surface area contributed by atoms with E-state index in [1.165, 1.54) is 4.90 Å². The first-order chi connectivity index (χ1) is 22.7. The van der Waals surface area contributed by atoms with Crippen LogP contribution in [0.1, 0.15) is 59.3 Å². The van der Waals surface area contributed by atoms with Crippen LogP contribution in [-0.2, 0) is 32.2 Å². The first-order valence-electron chi connectivity index (χ1n) is 16.2. The Balaban J connectivity index is 1.02. The summed E-state index contributed by atoms with van der Waals surface area (Å²) in [4.78, 5) is 59.1. The van der Waals surface area contributed by atoms with Gasteiger partial charge in [0.1, 0.15) is 29.2 Å². The molecule has 0 saturated carbocycles. The van der Waals surface area contributed by atoms with Crippen molar-refractivity contribution in [2.75, 3.05) is 39.9 Å². The number of methoxy groups -OCH3 is 1. The molecule has 4 atom stereocenters. The average molecular weight is 644 g/mol. The summed E-state index contributed by atoms with van der Waals surface area (Å²) >= 11 is 0. The maximum Gasteiger partial charge on any atom is 0.255 e. The lowest BCUT2D eigenvalue weighted by atomic mass is 10.0. The number of rotatable bonds is 8. The maximum absolute atomic E-state index is 15.4. The molecule has 0 radical (unpaired) electrons. The molecule has 4 amide bonds. The molecule has 3 aromatic rings. The van der Waals surface area contributed by atoms with Crippen molar-refractivity contribution in [1.82, 2.24) is 25.0 Å². The second kappa shape index (κ2) is 12.6. The third-order valence-electron chi connectivity index (χ3n) is 9.91. The number of nitrogens with one attached hydrogen (secondary N) is 1. The van der Waals surface area contributed by atoms with Gasteiger partial charge in [-0.1, -0.05) is 6.07 Å². The number of halogens is 1. The highest BCUT2D eigenvalue weighted by molar-refractivity contribution is 6.05. The molecule has 0 bridgehead atoms. The number of hydrogen-bond acceptors (Lipinski definition) is 8. The third kappa shape index (κ3) is 6.19. The molecule has 12 heteroatoms. The fraction of sp³-hybridized carbons (Fsp3) is 0.457. The van der Waals surface area contributed by atoms with Gasteiger partial charge in [0.2, 0.25) is 17.7 Å². The molecule has 1 N–H and O–H groups in total. The van der Waals surface area contributed by atoms with Crippen LogP contribution < -0.4 is 10.1 Å². The Labute approximate surface area is 272 Å². The van der Waals surface area contributed by atoms with Gasteiger partial charge >= 0.3 is 0 Å². The van der Waals surface area contributed by atoms with Crippen LogP contribution in [0, 0.1) is 11.7 Å². The minimum atomic E-state index is -0.671. The zero-order valence-electron chi connectivity index (χ0n) is 26.5. The Hall–Kier alpha value is -4.42. The fourth-order valence-electron chi connectivity index (χ4n) is 7.49. The lowest BCUT2D eigenvalue weighted by molar-refractivity contribution is -0.137. The Morgan fingerprint density at radius 2 is 1.91 bits per heavy atom. The number of imide groups is 1. The first-order valence-corrected chi connectivity index (χ1v) is 16.2. The van der Waals surface area contributed by atoms with Gasteiger partial charge in [-0.15, -0.1) is 0 Å². The van der Waals surface area contributed by atoms with E-state index in [2.05, 4.69) is 15.2 Å². The van der Waals surface area contributed by atoms with Crippen LogP contribution in [0.2, 0.25) is 0 Å². The van der Waals surface area contributed by atoms with Crippen LogP contribution in [0.5, 0.6) is 5.75 Å². The summed E-state index contributed by atoms with van der Waals surface area (Å²) in [6.07, 6.45) is 1.15. The normalized spacial score (nSPS) is 24.7. The summed E-state index contributed by atoms with van der Waals surface area (Å²) in [7, 11) is 1.66. The van der Waals surface area contributed by atoms with Gasteiger partial charge in [-0.25, -0.2) is 9.37 Å². The topological polar surface area (TPSA) is 121 Å². The maximum atomic E-state index is 15.4. The van der Waals surface area contributed by atoms with E-state index in [4.69, 9.17) is 9.47 Å². The fourth-order valence-corrected chi connectivity index (χ4v) is 7.49. The van der Waals surface area contributed by atoms with Crippen molar-refractivity contribution in [3.05, 3.63) is 70.7 Å². The molecule has 0 aliphatic carbocycles. The number of carbonyl (C=O) groups is 4. The number of amides is 4. The smallest absolute Gasteiger partial charge is 0.255 e. The summed E-state index contributed by atoms with van der Waals surface area (Å²) in [6, 6.07) is 12.1. The second-order valence-corrected chi connectivity index (χ2v) is 13.1. The van der Waals surface area contributed by atoms with Gasteiger partial charge < -0.3 is 19.3 Å². The molecule has 246 valence electrons. The summed E-state index contributed by atoms with van der Waals surface area (Å²) in [5.74, 6) is -0.482. The third-order valence-corrected chi connectivity index (χ3v) is 9.91. The van der Waals surface area contributed by atoms with Crippen LogP contribution in [0.15, 0.2) is 42.5 Å². The van der Waals surface area contributed by atoms with Gasteiger partial charge in [0, 0.05) is 88.2 Å². The monoisotopic (exact) mass is 643 g/mol. The number of nitrogens with zero attached hydrogens (tertiary/aromatic N) is 4. The Kier molecular flexibility index (Phi) is 8.39. The largest absolute Gasteiger partial charge is 0.489 e. The number of likely N-dealkylation sites (tertiary alicyclic amines) is 2. The van der Waals surface area contributed by atoms with E-state index in [1.807, 2.05) is 29.2 Å². The summed E-state index contributed by atoms with van der Waals surface area (Å²) in [5, 5.41) is 3.07. The zero-order chi connectivity index (χ0) is 32.8. The Morgan fingerprint density at radius 3 is 2.68 bits per heavy atom. The van der Waals surface area contributed by atoms with E-state index in [1.54, 1.807) is 32.2 Å². The number of pyridine rings is 1. The van der Waals surface area contributed by atoms with Gasteiger partial charge in [-0.2, -0.15) is 0 Å². The van der Waals surface area contributed by atoms with Crippen molar-refractivity contribution in [1.29, 1.82) is 0 Å². The van der Waals surface area contributed by atoms with E-state index < -0.39 is 11.9 Å². The molecule has 4 aliphatic rings. The number of carbonyl (C=O) groups excluding carboxylic acids is 4. The minimum Gasteiger partial charge on any atom is -0.489 e. The van der Waals surface area contributed by atoms with Gasteiger partial charge in [-0.05, 0) is 60.4 Å². The standard InChI is InChI=1S/C35H38FN5O6/c1-20(42)40-10-9-23(16-40)29-6-3-22-11-21(12-28(36)33(22)37-29)14-39-15-25(19-46-2)31(18-39)47-26-4-5-27-24(13-26)17-41(35(27)45)30-7-8-32(43)38-34(30)44/h3-6,11-13,23,25,30-31H,7-10,14-19H2,1-2H3,(H,38,43,44)/t23?,25-,30-,31+/m0/s1. The molecule has 3 fully saturated rings. The lowest BCUT2D eigenvalue weighted by Gasteiger charge is -2.29. The summed E-state index contributed by atoms with van der Waals surface area (Å²) in [5.41, 5.74) is 3.32. The van der Waals surface area contributed by atoms with Gasteiger partial charge in [0.25, 0.3) is 5.91 Å². The summed E-state index contributed by atoms with van der Waals surface area (Å²) < 4.78 is 27.4. The molecule has 7 rings (SSSR count). The van der Waals surface area contributed by atoms with Crippen molar-refractivity contribution in [2.24, 2.45) is 5.92 Å². The second-order valence-electron chi connectivity index (χ2n) is 13.1. The van der Waals surface area contributed by atoms with Crippen LogP contribution >= 0.6 is 0 Å². The molecule has 3 saturated heterocycles. The molecular weight excluding hydrogens is 605 g/mol. The number of piperidine rings is 1. The molecule has 1 unspecified atom stereocenters. The average Bonchev–Trinajstić information content (AvgIpc) is 3.75. The molecular formula is C35H38FN5O6. The van der Waals surface area contributed by atoms with Gasteiger partial charge in [0.15, 0.2) is 0 Å². The Bertz CT molecular complexity index is 1770. The van der Waals surface area contributed by atoms with Crippen molar-refractivity contribution in [3.63, 3.8) is 0 Å². The van der Waals surface area contributed by atoms with Crippen LogP contribution in [0.3, 0.4) is 0 Å². The van der Waals surface area contributed by atoms with Crippen LogP contribution in [0.4, 0.5) is 4.39 Å². The SMILES string of the molecule is COC[C@@H]1CN(Cc2cc(F)c3nc(C4CCN(C(C)=O)C4)ccc3c2)C[C@H]1Oc1ccc2c(c1)CN([C@H]1CCC(=O)NC1=O)C2=O. The van der Waals surface area contributed by atoms with E-state index in [0.29, 0.717) is 62.6 Å².